The third-order valence-corrected chi connectivity index (χ3v) is 5.62. The van der Waals surface area contributed by atoms with Gasteiger partial charge < -0.3 is 14.7 Å². The Balaban J connectivity index is 1.68. The van der Waals surface area contributed by atoms with Crippen LogP contribution in [0.1, 0.15) is 29.8 Å². The summed E-state index contributed by atoms with van der Waals surface area (Å²) in [5.74, 6) is -1.30. The molecule has 2 aromatic carbocycles. The predicted octanol–water partition coefficient (Wildman–Crippen LogP) is 3.38. The Morgan fingerprint density at radius 3 is 2.09 bits per heavy atom. The quantitative estimate of drug-likeness (QED) is 0.519. The number of fused-ring (bicyclic) bond motifs is 1. The van der Waals surface area contributed by atoms with Gasteiger partial charge in [-0.2, -0.15) is 0 Å². The van der Waals surface area contributed by atoms with Crippen LogP contribution in [-0.4, -0.2) is 51.8 Å². The first-order chi connectivity index (χ1) is 16.3. The summed E-state index contributed by atoms with van der Waals surface area (Å²) in [6, 6.07) is 13.2. The molecule has 1 saturated heterocycles. The van der Waals surface area contributed by atoms with Gasteiger partial charge in [-0.1, -0.05) is 24.3 Å². The first-order valence-corrected chi connectivity index (χ1v) is 10.8. The summed E-state index contributed by atoms with van der Waals surface area (Å²) in [6.45, 7) is 4.01. The van der Waals surface area contributed by atoms with Gasteiger partial charge in [0.15, 0.2) is 5.75 Å². The maximum Gasteiger partial charge on any atom is 0.335 e. The van der Waals surface area contributed by atoms with Crippen LogP contribution in [0, 0.1) is 0 Å². The standard InChI is InChI=1S/C25H23N3O6/c1-3-26-22(29)18(23(30)27(4-2)25(26)33)13-14-21-28(19-7-5-6-8-20(19)34-21)15-16-9-11-17(12-10-16)24(31)32/h5-14H,3-4,15H2,1-2H3,(H,31,32). The molecule has 0 spiro atoms. The largest absolute Gasteiger partial charge is 0.478 e. The lowest BCUT2D eigenvalue weighted by Gasteiger charge is -2.32. The SMILES string of the molecule is CCN1C(=O)C(=CC=C2Oc3ccccc3N2Cc2ccc(C(=O)O)cc2)C(=O)N(CC)C1=O. The number of likely N-dealkylation sites (N-methyl/N-ethyl adjacent to an activating group) is 2. The third-order valence-electron chi connectivity index (χ3n) is 5.62. The number of barbiturate groups is 1. The minimum atomic E-state index is -1.00. The molecule has 0 aliphatic carbocycles. The Hall–Kier alpha value is -4.40. The number of carbonyl (C=O) groups excluding carboxylic acids is 3. The Labute approximate surface area is 196 Å². The molecule has 2 aromatic rings. The second kappa shape index (κ2) is 9.22. The summed E-state index contributed by atoms with van der Waals surface area (Å²) >= 11 is 0. The highest BCUT2D eigenvalue weighted by Crippen LogP contribution is 2.39. The highest BCUT2D eigenvalue weighted by Gasteiger charge is 2.40. The lowest BCUT2D eigenvalue weighted by molar-refractivity contribution is -0.135. The number of anilines is 1. The Bertz CT molecular complexity index is 1200. The van der Waals surface area contributed by atoms with E-state index < -0.39 is 23.8 Å². The summed E-state index contributed by atoms with van der Waals surface area (Å²) in [6.07, 6.45) is 2.92. The second-order valence-electron chi connectivity index (χ2n) is 7.62. The van der Waals surface area contributed by atoms with Gasteiger partial charge in [-0.05, 0) is 55.8 Å². The van der Waals surface area contributed by atoms with Gasteiger partial charge in [0, 0.05) is 13.1 Å². The van der Waals surface area contributed by atoms with E-state index in [0.29, 0.717) is 18.2 Å². The highest BCUT2D eigenvalue weighted by atomic mass is 16.5. The van der Waals surface area contributed by atoms with E-state index in [1.54, 1.807) is 32.0 Å². The molecule has 0 radical (unpaired) electrons. The van der Waals surface area contributed by atoms with Gasteiger partial charge in [0.1, 0.15) is 5.57 Å². The summed E-state index contributed by atoms with van der Waals surface area (Å²) in [4.78, 5) is 53.0. The summed E-state index contributed by atoms with van der Waals surface area (Å²) in [5, 5.41) is 9.13. The van der Waals surface area contributed by atoms with E-state index in [0.717, 1.165) is 21.1 Å². The van der Waals surface area contributed by atoms with Gasteiger partial charge in [0.2, 0.25) is 5.88 Å². The van der Waals surface area contributed by atoms with Crippen LogP contribution in [0.15, 0.2) is 72.1 Å². The molecule has 2 aliphatic heterocycles. The van der Waals surface area contributed by atoms with Crippen molar-refractivity contribution in [3.8, 4) is 5.75 Å². The third kappa shape index (κ3) is 4.03. The molecule has 0 bridgehead atoms. The smallest absolute Gasteiger partial charge is 0.335 e. The number of hydrogen-bond acceptors (Lipinski definition) is 6. The number of allylic oxidation sites excluding steroid dienone is 2. The van der Waals surface area contributed by atoms with Gasteiger partial charge in [-0.15, -0.1) is 0 Å². The van der Waals surface area contributed by atoms with E-state index in [1.165, 1.54) is 24.3 Å². The van der Waals surface area contributed by atoms with Crippen molar-refractivity contribution in [2.45, 2.75) is 20.4 Å². The Kier molecular flexibility index (Phi) is 6.18. The van der Waals surface area contributed by atoms with Crippen molar-refractivity contribution in [2.75, 3.05) is 18.0 Å². The molecule has 4 amide bonds. The maximum atomic E-state index is 12.8. The number of carboxylic acids is 1. The molecule has 1 fully saturated rings. The number of imide groups is 2. The van der Waals surface area contributed by atoms with Gasteiger partial charge in [0.25, 0.3) is 11.8 Å². The van der Waals surface area contributed by atoms with Crippen LogP contribution in [0.25, 0.3) is 0 Å². The predicted molar refractivity (Wildman–Crippen MR) is 123 cm³/mol. The van der Waals surface area contributed by atoms with Crippen molar-refractivity contribution >= 4 is 29.5 Å². The first-order valence-electron chi connectivity index (χ1n) is 10.8. The fraction of sp³-hybridized carbons (Fsp3) is 0.200. The molecule has 2 heterocycles. The topological polar surface area (TPSA) is 107 Å². The van der Waals surface area contributed by atoms with Crippen molar-refractivity contribution < 1.29 is 29.0 Å². The molecule has 0 atom stereocenters. The molecule has 0 unspecified atom stereocenters. The molecular formula is C25H23N3O6. The van der Waals surface area contributed by atoms with Gasteiger partial charge >= 0.3 is 12.0 Å². The fourth-order valence-electron chi connectivity index (χ4n) is 3.83. The number of urea groups is 1. The highest BCUT2D eigenvalue weighted by molar-refractivity contribution is 6.28. The zero-order chi connectivity index (χ0) is 24.4. The Morgan fingerprint density at radius 2 is 1.50 bits per heavy atom. The molecule has 34 heavy (non-hydrogen) atoms. The lowest BCUT2D eigenvalue weighted by Crippen LogP contribution is -2.56. The molecule has 0 aromatic heterocycles. The molecule has 9 nitrogen and oxygen atoms in total. The van der Waals surface area contributed by atoms with Crippen LogP contribution in [0.5, 0.6) is 5.75 Å². The average Bonchev–Trinajstić information content (AvgIpc) is 3.17. The number of hydrogen-bond donors (Lipinski definition) is 1. The summed E-state index contributed by atoms with van der Waals surface area (Å²) < 4.78 is 5.97. The number of carbonyl (C=O) groups is 4. The maximum absolute atomic E-state index is 12.8. The number of carboxylic acid groups (broad SMARTS) is 1. The minimum Gasteiger partial charge on any atom is -0.478 e. The van der Waals surface area contributed by atoms with Gasteiger partial charge in [-0.25, -0.2) is 9.59 Å². The molecule has 174 valence electrons. The van der Waals surface area contributed by atoms with Crippen molar-refractivity contribution in [1.29, 1.82) is 0 Å². The van der Waals surface area contributed by atoms with Crippen LogP contribution >= 0.6 is 0 Å². The van der Waals surface area contributed by atoms with E-state index in [1.807, 2.05) is 23.1 Å². The Morgan fingerprint density at radius 1 is 0.882 bits per heavy atom. The first kappa shape index (κ1) is 22.8. The van der Waals surface area contributed by atoms with Crippen LogP contribution in [0.2, 0.25) is 0 Å². The van der Waals surface area contributed by atoms with Gasteiger partial charge in [-0.3, -0.25) is 19.4 Å². The minimum absolute atomic E-state index is 0.124. The zero-order valence-electron chi connectivity index (χ0n) is 18.7. The van der Waals surface area contributed by atoms with Crippen LogP contribution in [0.3, 0.4) is 0 Å². The monoisotopic (exact) mass is 461 g/mol. The molecule has 0 saturated carbocycles. The van der Waals surface area contributed by atoms with E-state index in [-0.39, 0.29) is 24.2 Å². The van der Waals surface area contributed by atoms with Crippen molar-refractivity contribution in [2.24, 2.45) is 0 Å². The van der Waals surface area contributed by atoms with Crippen molar-refractivity contribution in [3.63, 3.8) is 0 Å². The molecule has 2 aliphatic rings. The van der Waals surface area contributed by atoms with E-state index >= 15 is 0 Å². The summed E-state index contributed by atoms with van der Waals surface area (Å²) in [7, 11) is 0. The lowest BCUT2D eigenvalue weighted by atomic mass is 10.1. The second-order valence-corrected chi connectivity index (χ2v) is 7.62. The average molecular weight is 461 g/mol. The number of nitrogens with zero attached hydrogens (tertiary/aromatic N) is 3. The molecule has 4 rings (SSSR count). The van der Waals surface area contributed by atoms with E-state index in [4.69, 9.17) is 9.84 Å². The van der Waals surface area contributed by atoms with Crippen LogP contribution in [0.4, 0.5) is 10.5 Å². The van der Waals surface area contributed by atoms with Crippen LogP contribution < -0.4 is 9.64 Å². The van der Waals surface area contributed by atoms with Crippen molar-refractivity contribution in [3.05, 3.63) is 83.3 Å². The van der Waals surface area contributed by atoms with E-state index in [9.17, 15) is 19.2 Å². The number of para-hydroxylation sites is 2. The zero-order valence-corrected chi connectivity index (χ0v) is 18.7. The number of amides is 4. The number of rotatable bonds is 6. The molecule has 9 heteroatoms. The molecular weight excluding hydrogens is 438 g/mol. The fourth-order valence-corrected chi connectivity index (χ4v) is 3.83. The normalized spacial score (nSPS) is 16.8. The summed E-state index contributed by atoms with van der Waals surface area (Å²) in [5.41, 5.74) is 1.69. The van der Waals surface area contributed by atoms with E-state index in [2.05, 4.69) is 0 Å². The number of ether oxygens (including phenoxy) is 1. The van der Waals surface area contributed by atoms with Crippen LogP contribution in [-0.2, 0) is 16.1 Å². The molecule has 1 N–H and O–H groups in total. The number of aromatic carboxylic acids is 1. The van der Waals surface area contributed by atoms with Gasteiger partial charge in [0.05, 0.1) is 17.8 Å². The number of benzene rings is 2. The van der Waals surface area contributed by atoms with Crippen molar-refractivity contribution in [1.82, 2.24) is 9.80 Å².